The van der Waals surface area contributed by atoms with Crippen molar-refractivity contribution in [2.24, 2.45) is 0 Å². The number of amides is 1. The molecule has 1 fully saturated rings. The molecule has 29 heavy (non-hydrogen) atoms. The molecule has 3 aromatic rings. The summed E-state index contributed by atoms with van der Waals surface area (Å²) in [5, 5.41) is 12.1. The van der Waals surface area contributed by atoms with E-state index in [0.717, 1.165) is 19.3 Å². The fourth-order valence-corrected chi connectivity index (χ4v) is 4.11. The van der Waals surface area contributed by atoms with E-state index in [2.05, 4.69) is 34.6 Å². The summed E-state index contributed by atoms with van der Waals surface area (Å²) in [6.07, 6.45) is 2.85. The first-order valence-electron chi connectivity index (χ1n) is 9.77. The number of rotatable bonds is 8. The molecule has 7 heteroatoms. The van der Waals surface area contributed by atoms with Crippen LogP contribution in [0.5, 0.6) is 0 Å². The lowest BCUT2D eigenvalue weighted by molar-refractivity contribution is -0.118. The van der Waals surface area contributed by atoms with Gasteiger partial charge in [0.25, 0.3) is 0 Å². The van der Waals surface area contributed by atoms with Crippen molar-refractivity contribution >= 4 is 17.7 Å². The highest BCUT2D eigenvalue weighted by Gasteiger charge is 2.31. The van der Waals surface area contributed by atoms with Crippen LogP contribution >= 0.6 is 11.8 Å². The maximum absolute atomic E-state index is 14.2. The molecule has 0 saturated heterocycles. The Bertz CT molecular complexity index is 1020. The molecule has 1 saturated carbocycles. The summed E-state index contributed by atoms with van der Waals surface area (Å²) in [6, 6.07) is 15.1. The molecular weight excluding hydrogens is 387 g/mol. The molecule has 1 amide bonds. The minimum Gasteiger partial charge on any atom is -0.355 e. The van der Waals surface area contributed by atoms with Gasteiger partial charge in [-0.2, -0.15) is 0 Å². The molecule has 5 nitrogen and oxygen atoms in total. The zero-order valence-corrected chi connectivity index (χ0v) is 17.1. The predicted octanol–water partition coefficient (Wildman–Crippen LogP) is 4.18. The Morgan fingerprint density at radius 1 is 1.17 bits per heavy atom. The van der Waals surface area contributed by atoms with E-state index in [1.807, 2.05) is 16.7 Å². The molecule has 0 atom stereocenters. The van der Waals surface area contributed by atoms with Gasteiger partial charge >= 0.3 is 0 Å². The average molecular weight is 411 g/mol. The first-order chi connectivity index (χ1) is 14.1. The number of aromatic nitrogens is 3. The van der Waals surface area contributed by atoms with Crippen molar-refractivity contribution in [1.29, 1.82) is 0 Å². The summed E-state index contributed by atoms with van der Waals surface area (Å²) >= 11 is 1.35. The van der Waals surface area contributed by atoms with Gasteiger partial charge in [-0.15, -0.1) is 10.2 Å². The first kappa shape index (κ1) is 19.6. The van der Waals surface area contributed by atoms with Crippen LogP contribution in [0.15, 0.2) is 53.7 Å². The number of halogens is 1. The van der Waals surface area contributed by atoms with Gasteiger partial charge in [0.15, 0.2) is 11.0 Å². The van der Waals surface area contributed by atoms with Crippen LogP contribution in [0.2, 0.25) is 0 Å². The Kier molecular flexibility index (Phi) is 5.94. The van der Waals surface area contributed by atoms with Crippen LogP contribution < -0.4 is 5.32 Å². The largest absolute Gasteiger partial charge is 0.355 e. The smallest absolute Gasteiger partial charge is 0.230 e. The maximum Gasteiger partial charge on any atom is 0.230 e. The highest BCUT2D eigenvalue weighted by atomic mass is 32.2. The number of hydrogen-bond donors (Lipinski definition) is 1. The Morgan fingerprint density at radius 3 is 2.69 bits per heavy atom. The molecule has 1 N–H and O–H groups in total. The lowest BCUT2D eigenvalue weighted by atomic mass is 10.1. The molecule has 1 aromatic heterocycles. The normalized spacial score (nSPS) is 13.4. The van der Waals surface area contributed by atoms with Gasteiger partial charge in [-0.3, -0.25) is 9.36 Å². The van der Waals surface area contributed by atoms with Crippen molar-refractivity contribution < 1.29 is 9.18 Å². The highest BCUT2D eigenvalue weighted by molar-refractivity contribution is 7.99. The van der Waals surface area contributed by atoms with Crippen molar-refractivity contribution in [1.82, 2.24) is 20.1 Å². The van der Waals surface area contributed by atoms with Gasteiger partial charge in [0.05, 0.1) is 11.3 Å². The van der Waals surface area contributed by atoms with Crippen LogP contribution in [0.25, 0.3) is 11.4 Å². The van der Waals surface area contributed by atoms with Crippen molar-refractivity contribution in [2.75, 3.05) is 12.3 Å². The summed E-state index contributed by atoms with van der Waals surface area (Å²) in [5.41, 5.74) is 2.92. The fourth-order valence-electron chi connectivity index (χ4n) is 3.27. The second-order valence-electron chi connectivity index (χ2n) is 7.20. The van der Waals surface area contributed by atoms with Gasteiger partial charge in [0, 0.05) is 12.6 Å². The van der Waals surface area contributed by atoms with Crippen LogP contribution in [0, 0.1) is 12.7 Å². The number of thioether (sulfide) groups is 1. The topological polar surface area (TPSA) is 59.8 Å². The van der Waals surface area contributed by atoms with Crippen molar-refractivity contribution in [3.05, 3.63) is 65.5 Å². The monoisotopic (exact) mass is 410 g/mol. The number of nitrogens with zero attached hydrogens (tertiary/aromatic N) is 3. The van der Waals surface area contributed by atoms with E-state index in [0.29, 0.717) is 23.1 Å². The minimum atomic E-state index is -0.313. The van der Waals surface area contributed by atoms with E-state index in [9.17, 15) is 9.18 Å². The highest BCUT2D eigenvalue weighted by Crippen LogP contribution is 2.41. The average Bonchev–Trinajstić information content (AvgIpc) is 3.47. The van der Waals surface area contributed by atoms with E-state index in [1.165, 1.54) is 29.0 Å². The number of aryl methyl sites for hydroxylation is 1. The third-order valence-corrected chi connectivity index (χ3v) is 5.94. The Hall–Kier alpha value is -2.67. The number of hydrogen-bond acceptors (Lipinski definition) is 4. The molecule has 0 radical (unpaired) electrons. The molecule has 0 aliphatic heterocycles. The molecule has 0 spiro atoms. The summed E-state index contributed by atoms with van der Waals surface area (Å²) in [7, 11) is 0. The van der Waals surface area contributed by atoms with Crippen LogP contribution in [0.3, 0.4) is 0 Å². The third-order valence-electron chi connectivity index (χ3n) is 5.00. The minimum absolute atomic E-state index is 0.0404. The molecule has 1 aliphatic carbocycles. The lowest BCUT2D eigenvalue weighted by Gasteiger charge is -2.10. The summed E-state index contributed by atoms with van der Waals surface area (Å²) in [5.74, 6) is 0.442. The number of carbonyl (C=O) groups is 1. The zero-order valence-electron chi connectivity index (χ0n) is 16.3. The third kappa shape index (κ3) is 4.67. The van der Waals surface area contributed by atoms with E-state index >= 15 is 0 Å². The van der Waals surface area contributed by atoms with Gasteiger partial charge in [0.2, 0.25) is 5.91 Å². The molecule has 150 valence electrons. The van der Waals surface area contributed by atoms with Crippen molar-refractivity contribution in [3.8, 4) is 11.4 Å². The molecular formula is C22H23FN4OS. The van der Waals surface area contributed by atoms with Gasteiger partial charge in [-0.25, -0.2) is 4.39 Å². The maximum atomic E-state index is 14.2. The first-order valence-corrected chi connectivity index (χ1v) is 10.8. The van der Waals surface area contributed by atoms with Gasteiger partial charge in [-0.05, 0) is 49.4 Å². The van der Waals surface area contributed by atoms with E-state index < -0.39 is 0 Å². The van der Waals surface area contributed by atoms with Gasteiger partial charge < -0.3 is 5.32 Å². The standard InChI is InChI=1S/C22H23FN4OS/c1-15-6-2-3-7-16(15)12-13-24-20(28)14-29-22-26-25-21(27(22)17-10-11-17)18-8-4-5-9-19(18)23/h2-9,17H,10-14H2,1H3,(H,24,28). The van der Waals surface area contributed by atoms with E-state index in [1.54, 1.807) is 18.2 Å². The predicted molar refractivity (Wildman–Crippen MR) is 112 cm³/mol. The molecule has 1 heterocycles. The summed E-state index contributed by atoms with van der Waals surface area (Å²) < 4.78 is 16.2. The van der Waals surface area contributed by atoms with Crippen LogP contribution in [0.4, 0.5) is 4.39 Å². The van der Waals surface area contributed by atoms with Crippen molar-refractivity contribution in [2.45, 2.75) is 37.4 Å². The van der Waals surface area contributed by atoms with Crippen LogP contribution in [0.1, 0.15) is 30.0 Å². The molecule has 0 bridgehead atoms. The second kappa shape index (κ2) is 8.78. The SMILES string of the molecule is Cc1ccccc1CCNC(=O)CSc1nnc(-c2ccccc2F)n1C1CC1. The summed E-state index contributed by atoms with van der Waals surface area (Å²) in [4.78, 5) is 12.3. The fraction of sp³-hybridized carbons (Fsp3) is 0.318. The molecule has 4 rings (SSSR count). The zero-order chi connectivity index (χ0) is 20.2. The Labute approximate surface area is 173 Å². The number of carbonyl (C=O) groups excluding carboxylic acids is 1. The number of nitrogens with one attached hydrogen (secondary N) is 1. The Morgan fingerprint density at radius 2 is 1.93 bits per heavy atom. The van der Waals surface area contributed by atoms with E-state index in [-0.39, 0.29) is 23.5 Å². The molecule has 1 aliphatic rings. The van der Waals surface area contributed by atoms with Crippen LogP contribution in [-0.2, 0) is 11.2 Å². The molecule has 2 aromatic carbocycles. The Balaban J connectivity index is 1.37. The van der Waals surface area contributed by atoms with E-state index in [4.69, 9.17) is 0 Å². The molecule has 0 unspecified atom stereocenters. The van der Waals surface area contributed by atoms with Gasteiger partial charge in [0.1, 0.15) is 5.82 Å². The lowest BCUT2D eigenvalue weighted by Crippen LogP contribution is -2.27. The van der Waals surface area contributed by atoms with Crippen molar-refractivity contribution in [3.63, 3.8) is 0 Å². The second-order valence-corrected chi connectivity index (χ2v) is 8.14. The number of benzene rings is 2. The quantitative estimate of drug-likeness (QED) is 0.566. The van der Waals surface area contributed by atoms with Crippen LogP contribution in [-0.4, -0.2) is 33.0 Å². The van der Waals surface area contributed by atoms with Gasteiger partial charge in [-0.1, -0.05) is 48.2 Å². The summed E-state index contributed by atoms with van der Waals surface area (Å²) in [6.45, 7) is 2.67.